The summed E-state index contributed by atoms with van der Waals surface area (Å²) in [4.78, 5) is 17.1. The van der Waals surface area contributed by atoms with Gasteiger partial charge in [0.25, 0.3) is 0 Å². The van der Waals surface area contributed by atoms with Gasteiger partial charge in [-0.15, -0.1) is 0 Å². The van der Waals surface area contributed by atoms with Crippen molar-refractivity contribution in [3.8, 4) is 0 Å². The van der Waals surface area contributed by atoms with E-state index in [0.29, 0.717) is 36.0 Å². The van der Waals surface area contributed by atoms with Gasteiger partial charge in [0.1, 0.15) is 0 Å². The summed E-state index contributed by atoms with van der Waals surface area (Å²) in [5.74, 6) is -2.24. The van der Waals surface area contributed by atoms with E-state index in [1.165, 1.54) is 34.5 Å². The molecule has 0 aliphatic heterocycles. The van der Waals surface area contributed by atoms with Crippen molar-refractivity contribution in [3.63, 3.8) is 0 Å². The molecule has 206 valence electrons. The van der Waals surface area contributed by atoms with Crippen molar-refractivity contribution in [3.05, 3.63) is 88.2 Å². The molecular formula is C28H32AsF2N5O2S. The second-order valence-corrected chi connectivity index (χ2v) is 12.6. The molecule has 2 unspecified atom stereocenters. The second-order valence-electron chi connectivity index (χ2n) is 9.65. The molecule has 4 rings (SSSR count). The summed E-state index contributed by atoms with van der Waals surface area (Å²) in [7, 11) is 0. The number of thioether (sulfide) groups is 1. The number of hydrogen-bond donors (Lipinski definition) is 2. The van der Waals surface area contributed by atoms with Gasteiger partial charge in [-0.05, 0) is 0 Å². The summed E-state index contributed by atoms with van der Waals surface area (Å²) < 4.78 is 29.4. The molecule has 39 heavy (non-hydrogen) atoms. The third-order valence-corrected chi connectivity index (χ3v) is 9.39. The molecule has 0 radical (unpaired) electrons. The number of benzene rings is 2. The maximum absolute atomic E-state index is 13.9. The van der Waals surface area contributed by atoms with Crippen molar-refractivity contribution < 1.29 is 18.7 Å². The fourth-order valence-electron chi connectivity index (χ4n) is 4.69. The molecule has 2 N–H and O–H groups in total. The third-order valence-electron chi connectivity index (χ3n) is 6.58. The molecule has 0 aliphatic carbocycles. The summed E-state index contributed by atoms with van der Waals surface area (Å²) in [6.07, 6.45) is 1.27. The van der Waals surface area contributed by atoms with Gasteiger partial charge in [-0.25, -0.2) is 0 Å². The average molecular weight is 616 g/mol. The molecule has 2 aromatic heterocycles. The van der Waals surface area contributed by atoms with Crippen LogP contribution in [0, 0.1) is 31.4 Å². The molecule has 11 heteroatoms. The molecule has 0 amide bonds. The Bertz CT molecular complexity index is 1450. The van der Waals surface area contributed by atoms with Gasteiger partial charge in [0.2, 0.25) is 0 Å². The summed E-state index contributed by atoms with van der Waals surface area (Å²) in [5, 5.41) is 21.8. The van der Waals surface area contributed by atoms with E-state index in [1.807, 2.05) is 32.0 Å². The molecule has 0 saturated heterocycles. The zero-order valence-electron chi connectivity index (χ0n) is 22.1. The molecule has 0 fully saturated rings. The molecule has 2 heterocycles. The van der Waals surface area contributed by atoms with E-state index in [4.69, 9.17) is 0 Å². The van der Waals surface area contributed by atoms with E-state index in [0.717, 1.165) is 41.2 Å². The Morgan fingerprint density at radius 2 is 1.79 bits per heavy atom. The first-order valence-corrected chi connectivity index (χ1v) is 15.0. The van der Waals surface area contributed by atoms with Crippen LogP contribution in [0.25, 0.3) is 5.78 Å². The van der Waals surface area contributed by atoms with Crippen LogP contribution in [0.3, 0.4) is 0 Å². The van der Waals surface area contributed by atoms with Crippen LogP contribution in [0.15, 0.2) is 53.7 Å². The number of aryl methyl sites for hydroxylation is 3. The van der Waals surface area contributed by atoms with Crippen LogP contribution in [0.1, 0.15) is 35.0 Å². The number of hydrogen-bond acceptors (Lipinski definition) is 6. The Kier molecular flexibility index (Phi) is 9.75. The van der Waals surface area contributed by atoms with Crippen LogP contribution >= 0.6 is 11.8 Å². The van der Waals surface area contributed by atoms with E-state index < -0.39 is 22.9 Å². The molecule has 0 spiro atoms. The van der Waals surface area contributed by atoms with Gasteiger partial charge in [0.15, 0.2) is 0 Å². The van der Waals surface area contributed by atoms with E-state index in [9.17, 15) is 18.7 Å². The third kappa shape index (κ3) is 7.44. The van der Waals surface area contributed by atoms with Crippen molar-refractivity contribution in [1.82, 2.24) is 24.9 Å². The number of halogens is 2. The zero-order chi connectivity index (χ0) is 28.1. The number of rotatable bonds is 12. The fraction of sp³-hybridized carbons (Fsp3) is 0.357. The number of nitrogens with zero attached hydrogens (tertiary/aromatic N) is 4. The molecule has 7 nitrogen and oxygen atoms in total. The normalized spacial score (nSPS) is 13.9. The number of aromatic nitrogens is 4. The Hall–Kier alpha value is -2.81. The Morgan fingerprint density at radius 1 is 1.08 bits per heavy atom. The Balaban J connectivity index is 1.61. The van der Waals surface area contributed by atoms with Crippen LogP contribution in [-0.2, 0) is 24.2 Å². The van der Waals surface area contributed by atoms with E-state index in [-0.39, 0.29) is 10.6 Å². The molecular weight excluding hydrogens is 583 g/mol. The summed E-state index contributed by atoms with van der Waals surface area (Å²) in [5.41, 5.74) is 4.49. The standard InChI is InChI=1S/C28H32AsF2N5O2S/c1-4-18-6-5-7-19(9-18)14-32-15-23(24(29)12-20-10-21(30)13-22(31)11-20)25(26(37)38)39-28-35-34-27-33-16(2)8-17(3)36(27)28/h5-11,13,23-25,32H,4,12,14-15,29H2,1-3H3,(H,37,38)/t23-,24-,25?/m0/s1. The summed E-state index contributed by atoms with van der Waals surface area (Å²) in [6, 6.07) is 13.6. The molecule has 0 bridgehead atoms. The minimum absolute atomic E-state index is 0.164. The number of carboxylic acid groups (broad SMARTS) is 1. The summed E-state index contributed by atoms with van der Waals surface area (Å²) >= 11 is 2.46. The monoisotopic (exact) mass is 615 g/mol. The van der Waals surface area contributed by atoms with Crippen LogP contribution in [0.4, 0.5) is 8.78 Å². The Morgan fingerprint density at radius 3 is 2.49 bits per heavy atom. The maximum atomic E-state index is 13.9. The van der Waals surface area contributed by atoms with E-state index in [1.54, 1.807) is 4.40 Å². The van der Waals surface area contributed by atoms with Crippen molar-refractivity contribution in [2.45, 2.75) is 55.3 Å². The SMILES string of the molecule is CCc1cccc(CNC[C@H](C(Sc2nnc3nc(C)cc(C)n23)C(=O)O)[C@@H]([AsH2])Cc2cc(F)cc(F)c2)c1. The molecule has 0 aliphatic rings. The first-order chi connectivity index (χ1) is 18.6. The van der Waals surface area contributed by atoms with Crippen molar-refractivity contribution in [1.29, 1.82) is 0 Å². The van der Waals surface area contributed by atoms with Crippen LogP contribution < -0.4 is 5.32 Å². The predicted molar refractivity (Wildman–Crippen MR) is 151 cm³/mol. The van der Waals surface area contributed by atoms with Gasteiger partial charge in [-0.2, -0.15) is 0 Å². The average Bonchev–Trinajstić information content (AvgIpc) is 3.27. The van der Waals surface area contributed by atoms with Gasteiger partial charge < -0.3 is 0 Å². The number of carbonyl (C=O) groups is 1. The fourth-order valence-corrected chi connectivity index (χ4v) is 7.57. The van der Waals surface area contributed by atoms with E-state index >= 15 is 0 Å². The number of fused-ring (bicyclic) bond motifs is 1. The first-order valence-electron chi connectivity index (χ1n) is 12.7. The number of nitrogens with one attached hydrogen (secondary N) is 1. The van der Waals surface area contributed by atoms with Crippen molar-refractivity contribution in [2.24, 2.45) is 5.92 Å². The first kappa shape index (κ1) is 29.2. The van der Waals surface area contributed by atoms with Crippen molar-refractivity contribution in [2.75, 3.05) is 6.54 Å². The minimum atomic E-state index is -0.984. The van der Waals surface area contributed by atoms with Crippen LogP contribution in [-0.4, -0.2) is 59.3 Å². The Labute approximate surface area is 239 Å². The van der Waals surface area contributed by atoms with Gasteiger partial charge in [0.05, 0.1) is 0 Å². The number of carboxylic acids is 1. The molecule has 4 aromatic rings. The van der Waals surface area contributed by atoms with Gasteiger partial charge in [-0.1, -0.05) is 0 Å². The summed E-state index contributed by atoms with van der Waals surface area (Å²) in [6.45, 7) is 6.84. The molecule has 4 atom stereocenters. The molecule has 2 aromatic carbocycles. The van der Waals surface area contributed by atoms with Crippen LogP contribution in [0.2, 0.25) is 4.71 Å². The molecule has 0 saturated carbocycles. The predicted octanol–water partition coefficient (Wildman–Crippen LogP) is 4.20. The van der Waals surface area contributed by atoms with Crippen LogP contribution in [0.5, 0.6) is 0 Å². The topological polar surface area (TPSA) is 92.4 Å². The van der Waals surface area contributed by atoms with Gasteiger partial charge in [-0.3, -0.25) is 0 Å². The van der Waals surface area contributed by atoms with E-state index in [2.05, 4.69) is 39.6 Å². The quantitative estimate of drug-likeness (QED) is 0.182. The number of aliphatic carboxylic acids is 1. The van der Waals surface area contributed by atoms with Gasteiger partial charge >= 0.3 is 240 Å². The van der Waals surface area contributed by atoms with Crippen molar-refractivity contribution >= 4 is 40.4 Å². The zero-order valence-corrected chi connectivity index (χ0v) is 25.3. The second kappa shape index (κ2) is 13.0. The van der Waals surface area contributed by atoms with Gasteiger partial charge in [0, 0.05) is 0 Å².